The van der Waals surface area contributed by atoms with Crippen LogP contribution in [-0.2, 0) is 4.79 Å². The Morgan fingerprint density at radius 3 is 2.73 bits per heavy atom. The van der Waals surface area contributed by atoms with E-state index < -0.39 is 0 Å². The Hall–Kier alpha value is -2.99. The molecule has 1 aromatic heterocycles. The summed E-state index contributed by atoms with van der Waals surface area (Å²) >= 11 is 6.02. The lowest BCUT2D eigenvalue weighted by molar-refractivity contribution is -0.118. The van der Waals surface area contributed by atoms with Gasteiger partial charge in [-0.1, -0.05) is 23.7 Å². The molecule has 30 heavy (non-hydrogen) atoms. The van der Waals surface area contributed by atoms with Crippen LogP contribution >= 0.6 is 11.6 Å². The van der Waals surface area contributed by atoms with Gasteiger partial charge < -0.3 is 19.7 Å². The Morgan fingerprint density at radius 2 is 1.93 bits per heavy atom. The van der Waals surface area contributed by atoms with E-state index in [1.54, 1.807) is 18.2 Å². The third kappa shape index (κ3) is 4.60. The van der Waals surface area contributed by atoms with E-state index in [1.165, 1.54) is 26.4 Å². The van der Waals surface area contributed by atoms with Crippen molar-refractivity contribution in [2.45, 2.75) is 19.3 Å². The van der Waals surface area contributed by atoms with Gasteiger partial charge in [0.15, 0.2) is 6.61 Å². The number of carbonyl (C=O) groups is 1. The summed E-state index contributed by atoms with van der Waals surface area (Å²) in [7, 11) is 1.54. The summed E-state index contributed by atoms with van der Waals surface area (Å²) in [6.07, 6.45) is 3.64. The van der Waals surface area contributed by atoms with Crippen molar-refractivity contribution in [1.29, 1.82) is 0 Å². The van der Waals surface area contributed by atoms with Crippen LogP contribution < -0.4 is 19.7 Å². The number of pyridine rings is 1. The van der Waals surface area contributed by atoms with Crippen LogP contribution in [0.1, 0.15) is 19.3 Å². The first-order valence-electron chi connectivity index (χ1n) is 10.0. The van der Waals surface area contributed by atoms with Gasteiger partial charge in [0.1, 0.15) is 22.8 Å². The summed E-state index contributed by atoms with van der Waals surface area (Å²) in [6, 6.07) is 14.9. The van der Waals surface area contributed by atoms with E-state index in [0.717, 1.165) is 29.8 Å². The zero-order valence-corrected chi connectivity index (χ0v) is 17.6. The van der Waals surface area contributed by atoms with Gasteiger partial charge in [-0.3, -0.25) is 4.79 Å². The topological polar surface area (TPSA) is 63.7 Å². The molecule has 0 unspecified atom stereocenters. The summed E-state index contributed by atoms with van der Waals surface area (Å²) in [5, 5.41) is 4.27. The molecule has 1 aliphatic heterocycles. The quantitative estimate of drug-likeness (QED) is 0.608. The van der Waals surface area contributed by atoms with E-state index in [0.29, 0.717) is 22.2 Å². The lowest BCUT2D eigenvalue weighted by Crippen LogP contribution is -2.30. The molecule has 0 bridgehead atoms. The molecule has 2 aromatic carbocycles. The summed E-state index contributed by atoms with van der Waals surface area (Å²) in [4.78, 5) is 19.6. The highest BCUT2D eigenvalue weighted by molar-refractivity contribution is 6.31. The summed E-state index contributed by atoms with van der Waals surface area (Å²) in [5.74, 6) is 1.76. The van der Waals surface area contributed by atoms with E-state index in [2.05, 4.69) is 22.3 Å². The van der Waals surface area contributed by atoms with Crippen LogP contribution in [0.25, 0.3) is 10.9 Å². The highest BCUT2D eigenvalue weighted by atomic mass is 35.5. The number of amides is 1. The average molecular weight is 426 g/mol. The molecule has 1 N–H and O–H groups in total. The molecule has 1 aliphatic rings. The number of halogens is 1. The number of rotatable bonds is 6. The lowest BCUT2D eigenvalue weighted by atomic mass is 10.1. The van der Waals surface area contributed by atoms with E-state index in [9.17, 15) is 4.79 Å². The standard InChI is InChI=1S/C23H24ClN3O3/c1-29-19-10-9-17(24)14-18(19)25-22(28)15-30-20-7-5-6-16-8-11-21(26-23(16)20)27-12-3-2-4-13-27/h5-11,14H,2-4,12-13,15H2,1H3,(H,25,28). The minimum Gasteiger partial charge on any atom is -0.495 e. The van der Waals surface area contributed by atoms with Crippen LogP contribution in [0.4, 0.5) is 11.5 Å². The van der Waals surface area contributed by atoms with Gasteiger partial charge in [-0.15, -0.1) is 0 Å². The van der Waals surface area contributed by atoms with Crippen molar-refractivity contribution >= 4 is 39.9 Å². The molecule has 0 spiro atoms. The SMILES string of the molecule is COc1ccc(Cl)cc1NC(=O)COc1cccc2ccc(N3CCCCC3)nc12. The number of carbonyl (C=O) groups excluding carboxylic acids is 1. The van der Waals surface area contributed by atoms with Gasteiger partial charge in [0.25, 0.3) is 5.91 Å². The number of fused-ring (bicyclic) bond motifs is 1. The second-order valence-electron chi connectivity index (χ2n) is 7.23. The Bertz CT molecular complexity index is 1050. The Morgan fingerprint density at radius 1 is 1.10 bits per heavy atom. The fraction of sp³-hybridized carbons (Fsp3) is 0.304. The monoisotopic (exact) mass is 425 g/mol. The average Bonchev–Trinajstić information content (AvgIpc) is 2.78. The van der Waals surface area contributed by atoms with Crippen LogP contribution in [0.15, 0.2) is 48.5 Å². The molecule has 0 aliphatic carbocycles. The van der Waals surface area contributed by atoms with E-state index in [-0.39, 0.29) is 12.5 Å². The van der Waals surface area contributed by atoms with Gasteiger partial charge in [-0.2, -0.15) is 0 Å². The van der Waals surface area contributed by atoms with E-state index in [4.69, 9.17) is 26.1 Å². The number of anilines is 2. The maximum absolute atomic E-state index is 12.5. The van der Waals surface area contributed by atoms with Crippen molar-refractivity contribution in [3.8, 4) is 11.5 Å². The van der Waals surface area contributed by atoms with Crippen LogP contribution in [-0.4, -0.2) is 37.7 Å². The van der Waals surface area contributed by atoms with Gasteiger partial charge in [-0.25, -0.2) is 4.98 Å². The van der Waals surface area contributed by atoms with Crippen LogP contribution in [0.5, 0.6) is 11.5 Å². The maximum Gasteiger partial charge on any atom is 0.262 e. The van der Waals surface area contributed by atoms with Crippen molar-refractivity contribution in [2.24, 2.45) is 0 Å². The number of benzene rings is 2. The molecule has 0 radical (unpaired) electrons. The number of hydrogen-bond donors (Lipinski definition) is 1. The molecule has 3 aromatic rings. The summed E-state index contributed by atoms with van der Waals surface area (Å²) in [5.41, 5.74) is 1.26. The summed E-state index contributed by atoms with van der Waals surface area (Å²) < 4.78 is 11.1. The third-order valence-electron chi connectivity index (χ3n) is 5.14. The first kappa shape index (κ1) is 20.3. The summed E-state index contributed by atoms with van der Waals surface area (Å²) in [6.45, 7) is 1.89. The second-order valence-corrected chi connectivity index (χ2v) is 7.66. The van der Waals surface area contributed by atoms with Gasteiger partial charge >= 0.3 is 0 Å². The highest BCUT2D eigenvalue weighted by Crippen LogP contribution is 2.29. The number of hydrogen-bond acceptors (Lipinski definition) is 5. The second kappa shape index (κ2) is 9.22. The van der Waals surface area contributed by atoms with Crippen molar-refractivity contribution < 1.29 is 14.3 Å². The molecule has 1 fully saturated rings. The number of piperidine rings is 1. The third-order valence-corrected chi connectivity index (χ3v) is 5.38. The zero-order valence-electron chi connectivity index (χ0n) is 16.9. The van der Waals surface area contributed by atoms with Crippen LogP contribution in [0, 0.1) is 0 Å². The van der Waals surface area contributed by atoms with Crippen molar-refractivity contribution in [3.05, 3.63) is 53.6 Å². The highest BCUT2D eigenvalue weighted by Gasteiger charge is 2.15. The van der Waals surface area contributed by atoms with Crippen LogP contribution in [0.2, 0.25) is 5.02 Å². The Kier molecular flexibility index (Phi) is 6.23. The number of nitrogens with one attached hydrogen (secondary N) is 1. The number of methoxy groups -OCH3 is 1. The molecule has 0 saturated carbocycles. The molecule has 1 saturated heterocycles. The number of ether oxygens (including phenoxy) is 2. The van der Waals surface area contributed by atoms with E-state index >= 15 is 0 Å². The molecule has 6 nitrogen and oxygen atoms in total. The zero-order chi connectivity index (χ0) is 20.9. The number of aromatic nitrogens is 1. The maximum atomic E-state index is 12.5. The minimum absolute atomic E-state index is 0.148. The molecule has 0 atom stereocenters. The fourth-order valence-corrected chi connectivity index (χ4v) is 3.80. The molecule has 7 heteroatoms. The first-order valence-corrected chi connectivity index (χ1v) is 10.4. The van der Waals surface area contributed by atoms with Crippen molar-refractivity contribution in [2.75, 3.05) is 37.0 Å². The largest absolute Gasteiger partial charge is 0.495 e. The number of nitrogens with zero attached hydrogens (tertiary/aromatic N) is 2. The molecular weight excluding hydrogens is 402 g/mol. The van der Waals surface area contributed by atoms with Crippen LogP contribution in [0.3, 0.4) is 0 Å². The Labute approximate surface area is 180 Å². The molecule has 156 valence electrons. The minimum atomic E-state index is -0.306. The van der Waals surface area contributed by atoms with Crippen molar-refractivity contribution in [1.82, 2.24) is 4.98 Å². The number of para-hydroxylation sites is 1. The molecule has 2 heterocycles. The Balaban J connectivity index is 1.49. The lowest BCUT2D eigenvalue weighted by Gasteiger charge is -2.28. The normalized spacial score (nSPS) is 13.9. The van der Waals surface area contributed by atoms with Crippen molar-refractivity contribution in [3.63, 3.8) is 0 Å². The van der Waals surface area contributed by atoms with Gasteiger partial charge in [0, 0.05) is 23.5 Å². The smallest absolute Gasteiger partial charge is 0.262 e. The van der Waals surface area contributed by atoms with Gasteiger partial charge in [-0.05, 0) is 55.7 Å². The van der Waals surface area contributed by atoms with Gasteiger partial charge in [0.05, 0.1) is 12.8 Å². The predicted molar refractivity (Wildman–Crippen MR) is 120 cm³/mol. The van der Waals surface area contributed by atoms with Gasteiger partial charge in [0.2, 0.25) is 0 Å². The first-order chi connectivity index (χ1) is 14.6. The predicted octanol–water partition coefficient (Wildman–Crippen LogP) is 4.90. The molecule has 4 rings (SSSR count). The molecule has 1 amide bonds. The fourth-order valence-electron chi connectivity index (χ4n) is 3.63. The van der Waals surface area contributed by atoms with E-state index in [1.807, 2.05) is 18.2 Å². The molecular formula is C23H24ClN3O3.